The lowest BCUT2D eigenvalue weighted by Gasteiger charge is -2.27. The third-order valence-electron chi connectivity index (χ3n) is 3.03. The van der Waals surface area contributed by atoms with Gasteiger partial charge in [0.1, 0.15) is 5.75 Å². The van der Waals surface area contributed by atoms with E-state index in [2.05, 4.69) is 0 Å². The molecule has 0 radical (unpaired) electrons. The predicted molar refractivity (Wildman–Crippen MR) is 68.7 cm³/mol. The van der Waals surface area contributed by atoms with Crippen LogP contribution in [0.1, 0.15) is 29.8 Å². The summed E-state index contributed by atoms with van der Waals surface area (Å²) >= 11 is 0. The molecule has 5 heteroatoms. The molecule has 102 valence electrons. The number of benzene rings is 1. The molecule has 0 saturated carbocycles. The van der Waals surface area contributed by atoms with Gasteiger partial charge in [0.25, 0.3) is 5.91 Å². The molecule has 2 rings (SSSR count). The predicted octanol–water partition coefficient (Wildman–Crippen LogP) is 1.81. The van der Waals surface area contributed by atoms with Gasteiger partial charge in [0, 0.05) is 5.56 Å². The number of ether oxygens (including phenoxy) is 1. The molecule has 0 spiro atoms. The van der Waals surface area contributed by atoms with E-state index in [0.29, 0.717) is 18.5 Å². The molecule has 1 aliphatic heterocycles. The number of methoxy groups -OCH3 is 1. The van der Waals surface area contributed by atoms with E-state index < -0.39 is 5.97 Å². The summed E-state index contributed by atoms with van der Waals surface area (Å²) in [5, 5.41) is 1.14. The van der Waals surface area contributed by atoms with Gasteiger partial charge in [-0.3, -0.25) is 4.79 Å². The Morgan fingerprint density at radius 1 is 1.37 bits per heavy atom. The molecule has 0 aromatic heterocycles. The quantitative estimate of drug-likeness (QED) is 0.834. The zero-order valence-electron chi connectivity index (χ0n) is 11.3. The maximum absolute atomic E-state index is 12.2. The second-order valence-electron chi connectivity index (χ2n) is 4.75. The summed E-state index contributed by atoms with van der Waals surface area (Å²) < 4.78 is 5.13. The fraction of sp³-hybridized carbons (Fsp3) is 0.429. The maximum Gasteiger partial charge on any atom is 0.335 e. The molecule has 0 bridgehead atoms. The van der Waals surface area contributed by atoms with Crippen LogP contribution in [0.4, 0.5) is 0 Å². The highest BCUT2D eigenvalue weighted by molar-refractivity contribution is 5.96. The van der Waals surface area contributed by atoms with Gasteiger partial charge in [-0.1, -0.05) is 13.8 Å². The lowest BCUT2D eigenvalue weighted by Crippen LogP contribution is -2.40. The van der Waals surface area contributed by atoms with Gasteiger partial charge in [-0.25, -0.2) is 4.79 Å². The smallest absolute Gasteiger partial charge is 0.335 e. The minimum absolute atomic E-state index is 0.259. The van der Waals surface area contributed by atoms with Crippen LogP contribution in [0.25, 0.3) is 0 Å². The number of hydrogen-bond acceptors (Lipinski definition) is 4. The van der Waals surface area contributed by atoms with E-state index in [4.69, 9.17) is 9.57 Å². The van der Waals surface area contributed by atoms with Crippen molar-refractivity contribution in [3.63, 3.8) is 0 Å². The van der Waals surface area contributed by atoms with Gasteiger partial charge in [-0.05, 0) is 30.2 Å². The van der Waals surface area contributed by atoms with Gasteiger partial charge in [0.15, 0.2) is 0 Å². The number of hydroxylamine groups is 2. The number of rotatable bonds is 3. The molecule has 1 aromatic rings. The van der Waals surface area contributed by atoms with Gasteiger partial charge >= 0.3 is 5.97 Å². The van der Waals surface area contributed by atoms with Crippen molar-refractivity contribution in [3.8, 4) is 5.75 Å². The van der Waals surface area contributed by atoms with Crippen molar-refractivity contribution in [2.75, 3.05) is 13.7 Å². The normalized spacial score (nSPS) is 14.3. The summed E-state index contributed by atoms with van der Waals surface area (Å²) in [6.45, 7) is 3.84. The van der Waals surface area contributed by atoms with E-state index in [1.165, 1.54) is 0 Å². The average molecular weight is 263 g/mol. The molecule has 0 saturated heterocycles. The standard InChI is InChI=1S/C14H17NO4/c1-9(2)14(17)19-15-7-6-10-8-11(18-3)4-5-12(10)13(15)16/h4-5,8-9H,6-7H2,1-3H3. The van der Waals surface area contributed by atoms with Gasteiger partial charge in [0.2, 0.25) is 0 Å². The lowest BCUT2D eigenvalue weighted by atomic mass is 10.00. The Morgan fingerprint density at radius 3 is 2.74 bits per heavy atom. The molecule has 1 aromatic carbocycles. The van der Waals surface area contributed by atoms with Crippen molar-refractivity contribution >= 4 is 11.9 Å². The van der Waals surface area contributed by atoms with Gasteiger partial charge in [-0.15, -0.1) is 0 Å². The van der Waals surface area contributed by atoms with E-state index >= 15 is 0 Å². The first-order chi connectivity index (χ1) is 9.02. The van der Waals surface area contributed by atoms with Crippen molar-refractivity contribution in [1.29, 1.82) is 0 Å². The van der Waals surface area contributed by atoms with E-state index in [-0.39, 0.29) is 11.8 Å². The Bertz CT molecular complexity index is 510. The van der Waals surface area contributed by atoms with E-state index in [1.54, 1.807) is 33.1 Å². The maximum atomic E-state index is 12.2. The molecule has 5 nitrogen and oxygen atoms in total. The molecule has 1 amide bonds. The highest BCUT2D eigenvalue weighted by Crippen LogP contribution is 2.24. The van der Waals surface area contributed by atoms with Gasteiger partial charge in [0.05, 0.1) is 19.6 Å². The first kappa shape index (κ1) is 13.4. The molecular weight excluding hydrogens is 246 g/mol. The molecule has 0 aliphatic carbocycles. The Morgan fingerprint density at radius 2 is 2.11 bits per heavy atom. The van der Waals surface area contributed by atoms with Crippen LogP contribution in [0.2, 0.25) is 0 Å². The van der Waals surface area contributed by atoms with Crippen LogP contribution >= 0.6 is 0 Å². The van der Waals surface area contributed by atoms with Crippen molar-refractivity contribution in [2.24, 2.45) is 5.92 Å². The summed E-state index contributed by atoms with van der Waals surface area (Å²) in [7, 11) is 1.59. The summed E-state index contributed by atoms with van der Waals surface area (Å²) in [6.07, 6.45) is 0.643. The lowest BCUT2D eigenvalue weighted by molar-refractivity contribution is -0.182. The summed E-state index contributed by atoms with van der Waals surface area (Å²) in [6, 6.07) is 5.27. The summed E-state index contributed by atoms with van der Waals surface area (Å²) in [5.74, 6) is -0.215. The number of nitrogens with zero attached hydrogens (tertiary/aromatic N) is 1. The third-order valence-corrected chi connectivity index (χ3v) is 3.03. The minimum atomic E-state index is -0.398. The van der Waals surface area contributed by atoms with Crippen LogP contribution in [0, 0.1) is 5.92 Å². The molecule has 0 atom stereocenters. The number of carbonyl (C=O) groups excluding carboxylic acids is 2. The second kappa shape index (κ2) is 5.30. The van der Waals surface area contributed by atoms with Gasteiger partial charge < -0.3 is 9.57 Å². The average Bonchev–Trinajstić information content (AvgIpc) is 2.41. The third kappa shape index (κ3) is 2.70. The zero-order chi connectivity index (χ0) is 14.0. The van der Waals surface area contributed by atoms with Crippen molar-refractivity contribution in [2.45, 2.75) is 20.3 Å². The Balaban J connectivity index is 2.18. The summed E-state index contributed by atoms with van der Waals surface area (Å²) in [5.41, 5.74) is 1.48. The Hall–Kier alpha value is -2.04. The van der Waals surface area contributed by atoms with Gasteiger partial charge in [-0.2, -0.15) is 5.06 Å². The highest BCUT2D eigenvalue weighted by atomic mass is 16.7. The highest BCUT2D eigenvalue weighted by Gasteiger charge is 2.28. The molecule has 1 aliphatic rings. The fourth-order valence-electron chi connectivity index (χ4n) is 1.87. The number of fused-ring (bicyclic) bond motifs is 1. The van der Waals surface area contributed by atoms with Crippen LogP contribution in [0.3, 0.4) is 0 Å². The number of hydrogen-bond donors (Lipinski definition) is 0. The Kier molecular flexibility index (Phi) is 3.74. The van der Waals surface area contributed by atoms with Crippen LogP contribution in [0.5, 0.6) is 5.75 Å². The molecule has 0 N–H and O–H groups in total. The second-order valence-corrected chi connectivity index (χ2v) is 4.75. The van der Waals surface area contributed by atoms with E-state index in [0.717, 1.165) is 16.4 Å². The molecular formula is C14H17NO4. The monoisotopic (exact) mass is 263 g/mol. The summed E-state index contributed by atoms with van der Waals surface area (Å²) in [4.78, 5) is 28.8. The van der Waals surface area contributed by atoms with Crippen molar-refractivity contribution < 1.29 is 19.2 Å². The molecule has 19 heavy (non-hydrogen) atoms. The van der Waals surface area contributed by atoms with Crippen LogP contribution in [-0.2, 0) is 16.1 Å². The molecule has 0 unspecified atom stereocenters. The molecule has 1 heterocycles. The first-order valence-corrected chi connectivity index (χ1v) is 6.23. The topological polar surface area (TPSA) is 55.8 Å². The van der Waals surface area contributed by atoms with Crippen LogP contribution < -0.4 is 4.74 Å². The fourth-order valence-corrected chi connectivity index (χ4v) is 1.87. The SMILES string of the molecule is COc1ccc2c(c1)CCN(OC(=O)C(C)C)C2=O. The van der Waals surface area contributed by atoms with Crippen molar-refractivity contribution in [1.82, 2.24) is 5.06 Å². The molecule has 0 fully saturated rings. The largest absolute Gasteiger partial charge is 0.497 e. The number of amides is 1. The minimum Gasteiger partial charge on any atom is -0.497 e. The first-order valence-electron chi connectivity index (χ1n) is 6.23. The number of carbonyl (C=O) groups is 2. The zero-order valence-corrected chi connectivity index (χ0v) is 11.3. The van der Waals surface area contributed by atoms with Crippen molar-refractivity contribution in [3.05, 3.63) is 29.3 Å². The van der Waals surface area contributed by atoms with Crippen LogP contribution in [-0.4, -0.2) is 30.6 Å². The van der Waals surface area contributed by atoms with E-state index in [1.807, 2.05) is 6.07 Å². The Labute approximate surface area is 112 Å². The van der Waals surface area contributed by atoms with E-state index in [9.17, 15) is 9.59 Å². The van der Waals surface area contributed by atoms with Crippen LogP contribution in [0.15, 0.2) is 18.2 Å².